The number of thiazole rings is 1. The van der Waals surface area contributed by atoms with Crippen molar-refractivity contribution in [2.75, 3.05) is 12.0 Å². The van der Waals surface area contributed by atoms with Crippen LogP contribution < -0.4 is 0 Å². The third-order valence-electron chi connectivity index (χ3n) is 4.74. The Hall–Kier alpha value is -2.19. The minimum absolute atomic E-state index is 0.212. The van der Waals surface area contributed by atoms with Crippen LogP contribution >= 0.6 is 23.1 Å². The van der Waals surface area contributed by atoms with Crippen LogP contribution in [0.25, 0.3) is 20.8 Å². The molecule has 0 aliphatic heterocycles. The Morgan fingerprint density at radius 1 is 1.23 bits per heavy atom. The molecule has 0 atom stereocenters. The fourth-order valence-electron chi connectivity index (χ4n) is 3.34. The largest absolute Gasteiger partial charge is 0.393 e. The summed E-state index contributed by atoms with van der Waals surface area (Å²) in [6, 6.07) is 7.40. The molecule has 2 aromatic carbocycles. The summed E-state index contributed by atoms with van der Waals surface area (Å²) in [5.74, 6) is 0.948. The molecule has 1 heterocycles. The van der Waals surface area contributed by atoms with Crippen LogP contribution in [0, 0.1) is 6.92 Å². The number of halogens is 3. The van der Waals surface area contributed by atoms with Crippen LogP contribution in [0.5, 0.6) is 0 Å². The van der Waals surface area contributed by atoms with Gasteiger partial charge in [-0.1, -0.05) is 13.0 Å². The average molecular weight is 464 g/mol. The van der Waals surface area contributed by atoms with Crippen molar-refractivity contribution in [1.29, 1.82) is 0 Å². The number of aromatic nitrogens is 1. The summed E-state index contributed by atoms with van der Waals surface area (Å²) in [5, 5.41) is 0.636. The lowest BCUT2D eigenvalue weighted by atomic mass is 10.0. The van der Waals surface area contributed by atoms with E-state index in [4.69, 9.17) is 0 Å². The van der Waals surface area contributed by atoms with Crippen LogP contribution in [0.1, 0.15) is 30.0 Å². The Morgan fingerprint density at radius 3 is 2.65 bits per heavy atom. The molecule has 0 bridgehead atoms. The molecule has 0 fully saturated rings. The summed E-state index contributed by atoms with van der Waals surface area (Å²) >= 11 is 3.12. The monoisotopic (exact) mass is 463 g/mol. The normalized spacial score (nSPS) is 12.2. The first-order valence-electron chi connectivity index (χ1n) is 9.88. The van der Waals surface area contributed by atoms with Gasteiger partial charge in [0, 0.05) is 11.8 Å². The van der Waals surface area contributed by atoms with Crippen molar-refractivity contribution in [1.82, 2.24) is 4.98 Å². The molecule has 1 aromatic heterocycles. The van der Waals surface area contributed by atoms with E-state index in [9.17, 15) is 13.2 Å². The third-order valence-corrected chi connectivity index (χ3v) is 6.42. The topological polar surface area (TPSA) is 37.6 Å². The first kappa shape index (κ1) is 23.5. The maximum atomic E-state index is 13.2. The molecule has 0 saturated heterocycles. The number of hydrogen-bond donors (Lipinski definition) is 0. The Morgan fingerprint density at radius 2 is 2.00 bits per heavy atom. The van der Waals surface area contributed by atoms with Crippen LogP contribution in [0.4, 0.5) is 24.5 Å². The lowest BCUT2D eigenvalue weighted by Gasteiger charge is -2.09. The fraction of sp³-hybridized carbons (Fsp3) is 0.348. The quantitative estimate of drug-likeness (QED) is 0.253. The molecule has 0 spiro atoms. The number of aliphatic imine (C=N–C) groups is 2. The Labute approximate surface area is 188 Å². The van der Waals surface area contributed by atoms with Crippen molar-refractivity contribution in [2.24, 2.45) is 9.98 Å². The van der Waals surface area contributed by atoms with Gasteiger partial charge in [-0.2, -0.15) is 24.9 Å². The van der Waals surface area contributed by atoms with Crippen LogP contribution in [-0.4, -0.2) is 36.1 Å². The van der Waals surface area contributed by atoms with E-state index in [1.54, 1.807) is 17.8 Å². The van der Waals surface area contributed by atoms with Gasteiger partial charge in [-0.25, -0.2) is 4.98 Å². The summed E-state index contributed by atoms with van der Waals surface area (Å²) in [7, 11) is 0. The average Bonchev–Trinajstić information content (AvgIpc) is 3.14. The van der Waals surface area contributed by atoms with Crippen molar-refractivity contribution in [3.8, 4) is 10.6 Å². The van der Waals surface area contributed by atoms with Crippen molar-refractivity contribution in [2.45, 2.75) is 39.3 Å². The third kappa shape index (κ3) is 5.74. The van der Waals surface area contributed by atoms with E-state index in [-0.39, 0.29) is 5.56 Å². The van der Waals surface area contributed by atoms with E-state index in [0.717, 1.165) is 33.6 Å². The lowest BCUT2D eigenvalue weighted by Crippen LogP contribution is -2.12. The molecule has 164 valence electrons. The standard InChI is InChI=1S/C23H24F3N3S2/c1-5-15-11-16(13-23(24,25)26)20-19(12-15)31-22(29-20)17-9-14(2)10-18(27-3)21(17)28-7-6-8-30-4/h7,9-12H,3,5-6,8,13H2,1-2,4H3/b28-7-. The van der Waals surface area contributed by atoms with E-state index >= 15 is 0 Å². The second-order valence-electron chi connectivity index (χ2n) is 7.20. The number of hydrogen-bond acceptors (Lipinski definition) is 5. The van der Waals surface area contributed by atoms with Crippen molar-refractivity contribution >= 4 is 57.6 Å². The molecule has 0 amide bonds. The highest BCUT2D eigenvalue weighted by atomic mass is 32.2. The zero-order chi connectivity index (χ0) is 22.6. The number of nitrogens with zero attached hydrogens (tertiary/aromatic N) is 3. The summed E-state index contributed by atoms with van der Waals surface area (Å²) < 4.78 is 40.3. The van der Waals surface area contributed by atoms with E-state index < -0.39 is 12.6 Å². The molecule has 0 aliphatic rings. The van der Waals surface area contributed by atoms with Gasteiger partial charge in [0.1, 0.15) is 5.01 Å². The number of alkyl halides is 3. The van der Waals surface area contributed by atoms with Crippen LogP contribution in [0.15, 0.2) is 34.3 Å². The lowest BCUT2D eigenvalue weighted by molar-refractivity contribution is -0.127. The van der Waals surface area contributed by atoms with Crippen LogP contribution in [0.3, 0.4) is 0 Å². The minimum atomic E-state index is -4.29. The Bertz CT molecular complexity index is 1120. The first-order chi connectivity index (χ1) is 14.8. The fourth-order valence-corrected chi connectivity index (χ4v) is 4.77. The molecule has 0 radical (unpaired) electrons. The van der Waals surface area contributed by atoms with E-state index in [0.29, 0.717) is 28.3 Å². The number of fused-ring (bicyclic) bond motifs is 1. The Kier molecular flexibility index (Phi) is 7.54. The first-order valence-corrected chi connectivity index (χ1v) is 12.1. The second kappa shape index (κ2) is 9.96. The van der Waals surface area contributed by atoms with Crippen LogP contribution in [-0.2, 0) is 12.8 Å². The highest BCUT2D eigenvalue weighted by Gasteiger charge is 2.29. The highest BCUT2D eigenvalue weighted by Crippen LogP contribution is 2.43. The van der Waals surface area contributed by atoms with Gasteiger partial charge >= 0.3 is 6.18 Å². The summed E-state index contributed by atoms with van der Waals surface area (Å²) in [6.07, 6.45) is 0.0596. The molecular formula is C23H24F3N3S2. The molecule has 0 unspecified atom stereocenters. The number of aryl methyl sites for hydroxylation is 2. The van der Waals surface area contributed by atoms with Gasteiger partial charge in [0.25, 0.3) is 0 Å². The SMILES string of the molecule is C=Nc1cc(C)cc(-c2nc3c(CC(F)(F)F)cc(CC)cc3s2)c1/N=C\CCSC. The summed E-state index contributed by atoms with van der Waals surface area (Å²) in [6.45, 7) is 7.54. The molecule has 31 heavy (non-hydrogen) atoms. The van der Waals surface area contributed by atoms with Gasteiger partial charge in [-0.15, -0.1) is 11.3 Å². The molecule has 3 rings (SSSR count). The van der Waals surface area contributed by atoms with E-state index in [2.05, 4.69) is 21.7 Å². The maximum Gasteiger partial charge on any atom is 0.393 e. The van der Waals surface area contributed by atoms with Crippen LogP contribution in [0.2, 0.25) is 0 Å². The second-order valence-corrected chi connectivity index (χ2v) is 9.21. The number of rotatable bonds is 8. The molecule has 3 aromatic rings. The molecule has 8 heteroatoms. The van der Waals surface area contributed by atoms with Crippen molar-refractivity contribution in [3.05, 3.63) is 41.0 Å². The molecule has 0 N–H and O–H groups in total. The maximum absolute atomic E-state index is 13.2. The predicted molar refractivity (Wildman–Crippen MR) is 129 cm³/mol. The number of benzene rings is 2. The van der Waals surface area contributed by atoms with Gasteiger partial charge in [0.2, 0.25) is 0 Å². The summed E-state index contributed by atoms with van der Waals surface area (Å²) in [5.41, 5.74) is 4.50. The van der Waals surface area contributed by atoms with Crippen molar-refractivity contribution in [3.63, 3.8) is 0 Å². The van der Waals surface area contributed by atoms with Gasteiger partial charge in [-0.3, -0.25) is 9.98 Å². The van der Waals surface area contributed by atoms with E-state index in [1.807, 2.05) is 44.5 Å². The van der Waals surface area contributed by atoms with E-state index in [1.165, 1.54) is 11.3 Å². The molecule has 3 nitrogen and oxygen atoms in total. The molecule has 0 aliphatic carbocycles. The zero-order valence-electron chi connectivity index (χ0n) is 17.7. The summed E-state index contributed by atoms with van der Waals surface area (Å²) in [4.78, 5) is 13.4. The Balaban J connectivity index is 2.19. The van der Waals surface area contributed by atoms with Crippen molar-refractivity contribution < 1.29 is 13.2 Å². The minimum Gasteiger partial charge on any atom is -0.262 e. The molecule has 0 saturated carbocycles. The van der Waals surface area contributed by atoms with Gasteiger partial charge in [0.15, 0.2) is 0 Å². The highest BCUT2D eigenvalue weighted by molar-refractivity contribution is 7.98. The molecular weight excluding hydrogens is 439 g/mol. The predicted octanol–water partition coefficient (Wildman–Crippen LogP) is 7.73. The smallest absolute Gasteiger partial charge is 0.262 e. The number of thioether (sulfide) groups is 1. The van der Waals surface area contributed by atoms with Gasteiger partial charge in [0.05, 0.1) is 28.0 Å². The zero-order valence-corrected chi connectivity index (χ0v) is 19.3. The van der Waals surface area contributed by atoms with Gasteiger partial charge in [-0.05, 0) is 73.4 Å². The van der Waals surface area contributed by atoms with Gasteiger partial charge < -0.3 is 0 Å².